The molecule has 10 nitrogen and oxygen atoms in total. The highest BCUT2D eigenvalue weighted by atomic mass is 19.4. The summed E-state index contributed by atoms with van der Waals surface area (Å²) >= 11 is 0. The Balaban J connectivity index is 0.000000559. The van der Waals surface area contributed by atoms with Gasteiger partial charge in [-0.05, 0) is 49.2 Å². The molecule has 3 heterocycles. The van der Waals surface area contributed by atoms with E-state index in [9.17, 15) is 32.4 Å². The summed E-state index contributed by atoms with van der Waals surface area (Å²) in [5.74, 6) is -3.12. The second-order valence-electron chi connectivity index (χ2n) is 8.81. The molecular formula is C26H24F4N6O4. The van der Waals surface area contributed by atoms with Crippen molar-refractivity contribution >= 4 is 17.7 Å². The summed E-state index contributed by atoms with van der Waals surface area (Å²) in [5.41, 5.74) is 3.02. The molecule has 0 atom stereocenters. The molecule has 2 aromatic heterocycles. The van der Waals surface area contributed by atoms with Crippen molar-refractivity contribution in [2.24, 2.45) is 0 Å². The summed E-state index contributed by atoms with van der Waals surface area (Å²) < 4.78 is 46.3. The predicted molar refractivity (Wildman–Crippen MR) is 134 cm³/mol. The average molecular weight is 561 g/mol. The Morgan fingerprint density at radius 2 is 1.77 bits per heavy atom. The number of carbonyl (C=O) groups is 2. The summed E-state index contributed by atoms with van der Waals surface area (Å²) in [6, 6.07) is 10.0. The molecular weight excluding hydrogens is 536 g/mol. The van der Waals surface area contributed by atoms with Crippen molar-refractivity contribution in [3.05, 3.63) is 86.2 Å². The Morgan fingerprint density at radius 3 is 2.38 bits per heavy atom. The normalized spacial score (nSPS) is 13.2. The number of carbonyl (C=O) groups excluding carboxylic acids is 1. The quantitative estimate of drug-likeness (QED) is 0.464. The number of hydrogen-bond acceptors (Lipinski definition) is 7. The number of amides is 1. The SMILES string of the molecule is Cc1c(Cc2ccc(F)c(C(=O)N3CCN(c4ncccc4C#N)CC3)c2)n[nH]c(=O)c1C.O=C(O)C(F)(F)F. The highest BCUT2D eigenvalue weighted by Crippen LogP contribution is 2.21. The number of H-pyrrole nitrogens is 1. The van der Waals surface area contributed by atoms with Crippen molar-refractivity contribution in [3.63, 3.8) is 0 Å². The van der Waals surface area contributed by atoms with Crippen LogP contribution in [0.4, 0.5) is 23.4 Å². The zero-order valence-corrected chi connectivity index (χ0v) is 21.4. The first-order valence-corrected chi connectivity index (χ1v) is 11.9. The van der Waals surface area contributed by atoms with Crippen LogP contribution in [0.3, 0.4) is 0 Å². The maximum absolute atomic E-state index is 14.6. The number of nitriles is 1. The molecule has 1 aromatic carbocycles. The van der Waals surface area contributed by atoms with Crippen molar-refractivity contribution < 1.29 is 32.3 Å². The maximum atomic E-state index is 14.6. The van der Waals surface area contributed by atoms with Crippen LogP contribution in [0.25, 0.3) is 0 Å². The number of halogens is 4. The van der Waals surface area contributed by atoms with Crippen molar-refractivity contribution in [2.45, 2.75) is 26.4 Å². The van der Waals surface area contributed by atoms with E-state index in [4.69, 9.17) is 9.90 Å². The van der Waals surface area contributed by atoms with E-state index in [1.807, 2.05) is 11.8 Å². The maximum Gasteiger partial charge on any atom is 0.490 e. The number of piperazine rings is 1. The van der Waals surface area contributed by atoms with E-state index in [1.165, 1.54) is 6.07 Å². The van der Waals surface area contributed by atoms with Gasteiger partial charge in [-0.15, -0.1) is 0 Å². The molecule has 210 valence electrons. The fourth-order valence-corrected chi connectivity index (χ4v) is 3.91. The number of pyridine rings is 1. The van der Waals surface area contributed by atoms with Crippen LogP contribution in [0.5, 0.6) is 0 Å². The topological polar surface area (TPSA) is 143 Å². The molecule has 0 radical (unpaired) electrons. The number of carboxylic acids is 1. The number of aromatic nitrogens is 3. The Labute approximate surface area is 225 Å². The number of rotatable bonds is 4. The first kappa shape index (κ1) is 29.8. The molecule has 0 saturated carbocycles. The Bertz CT molecular complexity index is 1510. The van der Waals surface area contributed by atoms with Gasteiger partial charge in [-0.3, -0.25) is 9.59 Å². The van der Waals surface area contributed by atoms with Crippen LogP contribution in [0, 0.1) is 31.0 Å². The second-order valence-corrected chi connectivity index (χ2v) is 8.81. The third-order valence-electron chi connectivity index (χ3n) is 6.28. The fourth-order valence-electron chi connectivity index (χ4n) is 3.91. The zero-order valence-electron chi connectivity index (χ0n) is 21.4. The minimum Gasteiger partial charge on any atom is -0.475 e. The highest BCUT2D eigenvalue weighted by molar-refractivity contribution is 5.95. The Kier molecular flexibility index (Phi) is 9.20. The molecule has 1 aliphatic rings. The molecule has 4 rings (SSSR count). The molecule has 1 aliphatic heterocycles. The standard InChI is InChI=1S/C24H23FN6O2.C2HF3O2/c1-15-16(2)23(32)29-28-21(15)13-17-5-6-20(25)19(12-17)24(33)31-10-8-30(9-11-31)22-18(14-26)4-3-7-27-22;3-2(4,5)1(6)7/h3-7,12H,8-11,13H2,1-2H3,(H,29,32);(H,6,7). The molecule has 1 amide bonds. The van der Waals surface area contributed by atoms with Crippen LogP contribution < -0.4 is 10.5 Å². The van der Waals surface area contributed by atoms with Gasteiger partial charge in [0.2, 0.25) is 0 Å². The second kappa shape index (κ2) is 12.4. The number of alkyl halides is 3. The molecule has 0 bridgehead atoms. The van der Waals surface area contributed by atoms with Gasteiger partial charge < -0.3 is 14.9 Å². The van der Waals surface area contributed by atoms with Crippen LogP contribution in [-0.2, 0) is 11.2 Å². The number of anilines is 1. The monoisotopic (exact) mass is 560 g/mol. The molecule has 2 N–H and O–H groups in total. The summed E-state index contributed by atoms with van der Waals surface area (Å²) in [6.45, 7) is 5.33. The van der Waals surface area contributed by atoms with Gasteiger partial charge in [-0.2, -0.15) is 23.5 Å². The van der Waals surface area contributed by atoms with Gasteiger partial charge in [-0.25, -0.2) is 19.3 Å². The Hall–Kier alpha value is -4.80. The van der Waals surface area contributed by atoms with Gasteiger partial charge in [0.15, 0.2) is 0 Å². The number of aliphatic carboxylic acids is 1. The summed E-state index contributed by atoms with van der Waals surface area (Å²) in [7, 11) is 0. The van der Waals surface area contributed by atoms with Crippen LogP contribution in [0.1, 0.15) is 38.3 Å². The minimum absolute atomic E-state index is 0.00954. The van der Waals surface area contributed by atoms with Gasteiger partial charge in [0.1, 0.15) is 17.7 Å². The molecule has 40 heavy (non-hydrogen) atoms. The molecule has 14 heteroatoms. The van der Waals surface area contributed by atoms with Crippen LogP contribution in [-0.4, -0.2) is 69.4 Å². The fraction of sp³-hybridized carbons (Fsp3) is 0.308. The summed E-state index contributed by atoms with van der Waals surface area (Å²) in [5, 5.41) is 23.0. The van der Waals surface area contributed by atoms with E-state index in [0.717, 1.165) is 11.1 Å². The number of benzene rings is 1. The van der Waals surface area contributed by atoms with E-state index in [1.54, 1.807) is 42.3 Å². The van der Waals surface area contributed by atoms with Crippen molar-refractivity contribution in [3.8, 4) is 6.07 Å². The molecule has 0 unspecified atom stereocenters. The lowest BCUT2D eigenvalue weighted by molar-refractivity contribution is -0.192. The van der Waals surface area contributed by atoms with E-state index < -0.39 is 18.0 Å². The van der Waals surface area contributed by atoms with Gasteiger partial charge in [0.05, 0.1) is 16.8 Å². The van der Waals surface area contributed by atoms with E-state index in [-0.39, 0.29) is 17.0 Å². The van der Waals surface area contributed by atoms with Gasteiger partial charge >= 0.3 is 12.1 Å². The summed E-state index contributed by atoms with van der Waals surface area (Å²) in [4.78, 5) is 41.6. The lowest BCUT2D eigenvalue weighted by Crippen LogP contribution is -2.49. The third kappa shape index (κ3) is 6.99. The molecule has 0 aliphatic carbocycles. The number of carboxylic acid groups (broad SMARTS) is 1. The van der Waals surface area contributed by atoms with E-state index in [0.29, 0.717) is 55.2 Å². The van der Waals surface area contributed by atoms with Crippen molar-refractivity contribution in [1.82, 2.24) is 20.1 Å². The van der Waals surface area contributed by atoms with Crippen LogP contribution >= 0.6 is 0 Å². The van der Waals surface area contributed by atoms with Crippen LogP contribution in [0.15, 0.2) is 41.3 Å². The van der Waals surface area contributed by atoms with Crippen molar-refractivity contribution in [2.75, 3.05) is 31.1 Å². The Morgan fingerprint density at radius 1 is 1.12 bits per heavy atom. The van der Waals surface area contributed by atoms with Crippen LogP contribution in [0.2, 0.25) is 0 Å². The highest BCUT2D eigenvalue weighted by Gasteiger charge is 2.38. The zero-order chi connectivity index (χ0) is 29.6. The van der Waals surface area contributed by atoms with Crippen molar-refractivity contribution in [1.29, 1.82) is 5.26 Å². The van der Waals surface area contributed by atoms with Gasteiger partial charge in [0, 0.05) is 44.4 Å². The number of nitrogens with zero attached hydrogens (tertiary/aromatic N) is 5. The smallest absolute Gasteiger partial charge is 0.475 e. The largest absolute Gasteiger partial charge is 0.490 e. The summed E-state index contributed by atoms with van der Waals surface area (Å²) in [6.07, 6.45) is -3.08. The van der Waals surface area contributed by atoms with Gasteiger partial charge in [-0.1, -0.05) is 6.07 Å². The average Bonchev–Trinajstić information content (AvgIpc) is 2.94. The first-order chi connectivity index (χ1) is 18.8. The van der Waals surface area contributed by atoms with Gasteiger partial charge in [0.25, 0.3) is 11.5 Å². The lowest BCUT2D eigenvalue weighted by Gasteiger charge is -2.35. The predicted octanol–water partition coefficient (Wildman–Crippen LogP) is 2.98. The molecule has 1 saturated heterocycles. The minimum atomic E-state index is -5.08. The lowest BCUT2D eigenvalue weighted by atomic mass is 10.0. The number of nitrogens with one attached hydrogen (secondary N) is 1. The number of aromatic amines is 1. The van der Waals surface area contributed by atoms with E-state index in [2.05, 4.69) is 21.3 Å². The third-order valence-corrected chi connectivity index (χ3v) is 6.28. The van der Waals surface area contributed by atoms with E-state index >= 15 is 0 Å². The molecule has 0 spiro atoms. The molecule has 1 fully saturated rings. The molecule has 3 aromatic rings. The number of hydrogen-bond donors (Lipinski definition) is 2. The first-order valence-electron chi connectivity index (χ1n) is 11.9.